The van der Waals surface area contributed by atoms with Gasteiger partial charge in [-0.15, -0.1) is 0 Å². The molecule has 1 fully saturated rings. The van der Waals surface area contributed by atoms with Crippen molar-refractivity contribution < 1.29 is 14.0 Å². The summed E-state index contributed by atoms with van der Waals surface area (Å²) in [6.45, 7) is 0. The second-order valence-corrected chi connectivity index (χ2v) is 5.43. The minimum absolute atomic E-state index is 0.0809. The Kier molecular flexibility index (Phi) is 4.32. The van der Waals surface area contributed by atoms with Crippen LogP contribution in [0.1, 0.15) is 34.9 Å². The van der Waals surface area contributed by atoms with Crippen LogP contribution >= 0.6 is 0 Å². The lowest BCUT2D eigenvalue weighted by Crippen LogP contribution is -2.50. The number of carbonyl (C=O) groups excluding carboxylic acids is 2. The van der Waals surface area contributed by atoms with E-state index in [0.717, 1.165) is 5.56 Å². The number of halogens is 1. The van der Waals surface area contributed by atoms with E-state index in [1.165, 1.54) is 12.1 Å². The molecule has 118 valence electrons. The van der Waals surface area contributed by atoms with Gasteiger partial charge in [0.15, 0.2) is 0 Å². The third-order valence-corrected chi connectivity index (χ3v) is 3.84. The third-order valence-electron chi connectivity index (χ3n) is 3.84. The Labute approximate surface area is 132 Å². The SMILES string of the molecule is O=C1CCC(NC(=O)c2ccccn2)C(c2ccc(F)cc2)N1. The van der Waals surface area contributed by atoms with Crippen LogP contribution in [0.25, 0.3) is 0 Å². The van der Waals surface area contributed by atoms with Crippen LogP contribution in [-0.2, 0) is 4.79 Å². The second-order valence-electron chi connectivity index (χ2n) is 5.43. The minimum Gasteiger partial charge on any atom is -0.347 e. The zero-order valence-corrected chi connectivity index (χ0v) is 12.3. The van der Waals surface area contributed by atoms with Crippen LogP contribution in [0.3, 0.4) is 0 Å². The summed E-state index contributed by atoms with van der Waals surface area (Å²) in [5.41, 5.74) is 1.08. The van der Waals surface area contributed by atoms with Gasteiger partial charge in [0.1, 0.15) is 11.5 Å². The average Bonchev–Trinajstić information content (AvgIpc) is 2.58. The number of pyridine rings is 1. The van der Waals surface area contributed by atoms with Gasteiger partial charge >= 0.3 is 0 Å². The molecule has 2 atom stereocenters. The maximum atomic E-state index is 13.1. The summed E-state index contributed by atoms with van der Waals surface area (Å²) in [4.78, 5) is 28.0. The number of hydrogen-bond donors (Lipinski definition) is 2. The van der Waals surface area contributed by atoms with Crippen molar-refractivity contribution in [2.24, 2.45) is 0 Å². The van der Waals surface area contributed by atoms with Gasteiger partial charge in [-0.05, 0) is 36.2 Å². The number of aromatic nitrogens is 1. The monoisotopic (exact) mass is 313 g/mol. The Morgan fingerprint density at radius 3 is 2.70 bits per heavy atom. The fourth-order valence-electron chi connectivity index (χ4n) is 2.68. The summed E-state index contributed by atoms with van der Waals surface area (Å²) in [5, 5.41) is 5.77. The van der Waals surface area contributed by atoms with Gasteiger partial charge in [0.05, 0.1) is 12.1 Å². The molecule has 1 aromatic heterocycles. The number of carbonyl (C=O) groups is 2. The lowest BCUT2D eigenvalue weighted by molar-refractivity contribution is -0.123. The molecule has 0 radical (unpaired) electrons. The van der Waals surface area contributed by atoms with Gasteiger partial charge in [-0.3, -0.25) is 14.6 Å². The van der Waals surface area contributed by atoms with Crippen molar-refractivity contribution in [2.75, 3.05) is 0 Å². The zero-order valence-electron chi connectivity index (χ0n) is 12.3. The van der Waals surface area contributed by atoms with Crippen LogP contribution < -0.4 is 10.6 Å². The number of rotatable bonds is 3. The molecule has 0 saturated carbocycles. The van der Waals surface area contributed by atoms with Crippen molar-refractivity contribution in [1.82, 2.24) is 15.6 Å². The van der Waals surface area contributed by atoms with Crippen molar-refractivity contribution >= 4 is 11.8 Å². The molecule has 5 nitrogen and oxygen atoms in total. The molecule has 0 aliphatic carbocycles. The third kappa shape index (κ3) is 3.53. The highest BCUT2D eigenvalue weighted by Crippen LogP contribution is 2.24. The highest BCUT2D eigenvalue weighted by molar-refractivity contribution is 5.92. The first-order valence-corrected chi connectivity index (χ1v) is 7.40. The van der Waals surface area contributed by atoms with Crippen LogP contribution in [0.4, 0.5) is 4.39 Å². The Morgan fingerprint density at radius 2 is 2.00 bits per heavy atom. The van der Waals surface area contributed by atoms with Gasteiger partial charge < -0.3 is 10.6 Å². The van der Waals surface area contributed by atoms with E-state index >= 15 is 0 Å². The van der Waals surface area contributed by atoms with Gasteiger partial charge in [-0.1, -0.05) is 18.2 Å². The molecule has 0 bridgehead atoms. The first-order chi connectivity index (χ1) is 11.1. The van der Waals surface area contributed by atoms with Crippen LogP contribution in [0, 0.1) is 5.82 Å². The van der Waals surface area contributed by atoms with Crippen LogP contribution in [0.2, 0.25) is 0 Å². The molecule has 6 heteroatoms. The van der Waals surface area contributed by atoms with E-state index in [1.54, 1.807) is 36.5 Å². The molecular weight excluding hydrogens is 297 g/mol. The molecule has 1 aliphatic heterocycles. The van der Waals surface area contributed by atoms with E-state index in [2.05, 4.69) is 15.6 Å². The number of amides is 2. The van der Waals surface area contributed by atoms with E-state index in [9.17, 15) is 14.0 Å². The number of benzene rings is 1. The standard InChI is InChI=1S/C17H16FN3O2/c18-12-6-4-11(5-7-12)16-13(8-9-15(22)21-16)20-17(23)14-3-1-2-10-19-14/h1-7,10,13,16H,8-9H2,(H,20,23)(H,21,22). The Balaban J connectivity index is 1.79. The molecule has 1 aromatic carbocycles. The highest BCUT2D eigenvalue weighted by Gasteiger charge is 2.31. The first-order valence-electron chi connectivity index (χ1n) is 7.40. The van der Waals surface area contributed by atoms with E-state index in [0.29, 0.717) is 18.5 Å². The molecule has 23 heavy (non-hydrogen) atoms. The summed E-state index contributed by atoms with van der Waals surface area (Å²) >= 11 is 0. The average molecular weight is 313 g/mol. The van der Waals surface area contributed by atoms with Crippen molar-refractivity contribution in [3.8, 4) is 0 Å². The summed E-state index contributed by atoms with van der Waals surface area (Å²) in [6, 6.07) is 10.4. The largest absolute Gasteiger partial charge is 0.347 e. The highest BCUT2D eigenvalue weighted by atomic mass is 19.1. The summed E-state index contributed by atoms with van der Waals surface area (Å²) in [7, 11) is 0. The molecule has 1 saturated heterocycles. The summed E-state index contributed by atoms with van der Waals surface area (Å²) in [5.74, 6) is -0.716. The van der Waals surface area contributed by atoms with Crippen LogP contribution in [0.5, 0.6) is 0 Å². The Hall–Kier alpha value is -2.76. The molecule has 2 unspecified atom stereocenters. The Morgan fingerprint density at radius 1 is 1.22 bits per heavy atom. The number of piperidine rings is 1. The maximum absolute atomic E-state index is 13.1. The van der Waals surface area contributed by atoms with Crippen molar-refractivity contribution in [3.63, 3.8) is 0 Å². The van der Waals surface area contributed by atoms with E-state index in [1.807, 2.05) is 0 Å². The Bertz CT molecular complexity index is 704. The zero-order chi connectivity index (χ0) is 16.2. The van der Waals surface area contributed by atoms with Gasteiger partial charge in [-0.2, -0.15) is 0 Å². The van der Waals surface area contributed by atoms with Gasteiger partial charge in [0, 0.05) is 12.6 Å². The number of nitrogens with zero attached hydrogens (tertiary/aromatic N) is 1. The predicted octanol–water partition coefficient (Wildman–Crippen LogP) is 1.97. The summed E-state index contributed by atoms with van der Waals surface area (Å²) in [6.07, 6.45) is 2.41. The van der Waals surface area contributed by atoms with Crippen molar-refractivity contribution in [3.05, 3.63) is 65.7 Å². The van der Waals surface area contributed by atoms with Crippen LogP contribution in [0.15, 0.2) is 48.7 Å². The number of nitrogens with one attached hydrogen (secondary N) is 2. The van der Waals surface area contributed by atoms with E-state index in [-0.39, 0.29) is 29.7 Å². The molecule has 3 rings (SSSR count). The molecule has 2 N–H and O–H groups in total. The second kappa shape index (κ2) is 6.56. The lowest BCUT2D eigenvalue weighted by atomic mass is 9.92. The first kappa shape index (κ1) is 15.1. The van der Waals surface area contributed by atoms with Gasteiger partial charge in [0.25, 0.3) is 5.91 Å². The molecule has 2 heterocycles. The molecular formula is C17H16FN3O2. The van der Waals surface area contributed by atoms with E-state index < -0.39 is 0 Å². The quantitative estimate of drug-likeness (QED) is 0.910. The van der Waals surface area contributed by atoms with Crippen LogP contribution in [-0.4, -0.2) is 22.8 Å². The summed E-state index contributed by atoms with van der Waals surface area (Å²) < 4.78 is 13.1. The number of hydrogen-bond acceptors (Lipinski definition) is 3. The predicted molar refractivity (Wildman–Crippen MR) is 82.0 cm³/mol. The smallest absolute Gasteiger partial charge is 0.270 e. The molecule has 1 aliphatic rings. The fraction of sp³-hybridized carbons (Fsp3) is 0.235. The topological polar surface area (TPSA) is 71.1 Å². The van der Waals surface area contributed by atoms with E-state index in [4.69, 9.17) is 0 Å². The molecule has 2 amide bonds. The van der Waals surface area contributed by atoms with Gasteiger partial charge in [0.2, 0.25) is 5.91 Å². The molecule has 2 aromatic rings. The van der Waals surface area contributed by atoms with Crippen molar-refractivity contribution in [2.45, 2.75) is 24.9 Å². The normalized spacial score (nSPS) is 20.7. The maximum Gasteiger partial charge on any atom is 0.270 e. The fourth-order valence-corrected chi connectivity index (χ4v) is 2.68. The van der Waals surface area contributed by atoms with Gasteiger partial charge in [-0.25, -0.2) is 4.39 Å². The minimum atomic E-state index is -0.385. The van der Waals surface area contributed by atoms with Crippen molar-refractivity contribution in [1.29, 1.82) is 0 Å². The lowest BCUT2D eigenvalue weighted by Gasteiger charge is -2.33. The molecule has 0 spiro atoms.